The maximum Gasteiger partial charge on any atom is 0.316 e. The Balaban J connectivity index is 1.39. The van der Waals surface area contributed by atoms with Crippen molar-refractivity contribution in [2.45, 2.75) is 112 Å². The molecular formula is C30H46O2. The number of esters is 1. The molecular weight excluding hydrogens is 392 g/mol. The van der Waals surface area contributed by atoms with Crippen LogP contribution in [0.25, 0.3) is 0 Å². The van der Waals surface area contributed by atoms with Crippen molar-refractivity contribution in [2.24, 2.45) is 56.7 Å². The van der Waals surface area contributed by atoms with Crippen LogP contribution in [0.3, 0.4) is 0 Å². The van der Waals surface area contributed by atoms with Crippen molar-refractivity contribution in [1.82, 2.24) is 0 Å². The lowest BCUT2D eigenvalue weighted by Gasteiger charge is -2.73. The zero-order valence-electron chi connectivity index (χ0n) is 21.6. The van der Waals surface area contributed by atoms with Gasteiger partial charge in [-0.1, -0.05) is 39.8 Å². The van der Waals surface area contributed by atoms with Gasteiger partial charge in [-0.15, -0.1) is 0 Å². The van der Waals surface area contributed by atoms with Gasteiger partial charge in [-0.25, -0.2) is 0 Å². The molecule has 0 aromatic heterocycles. The number of rotatable bonds is 1. The molecule has 0 aromatic carbocycles. The van der Waals surface area contributed by atoms with Gasteiger partial charge >= 0.3 is 5.97 Å². The van der Waals surface area contributed by atoms with Gasteiger partial charge in [-0.2, -0.15) is 0 Å². The number of ether oxygens (including phenoxy) is 1. The lowest BCUT2D eigenvalue weighted by atomic mass is 9.32. The number of fused-ring (bicyclic) bond motifs is 9. The molecule has 0 N–H and O–H groups in total. The van der Waals surface area contributed by atoms with Crippen LogP contribution in [0, 0.1) is 56.7 Å². The molecule has 11 atom stereocenters. The van der Waals surface area contributed by atoms with Gasteiger partial charge < -0.3 is 4.74 Å². The summed E-state index contributed by atoms with van der Waals surface area (Å²) in [4.78, 5) is 12.7. The van der Waals surface area contributed by atoms with Crippen molar-refractivity contribution in [1.29, 1.82) is 0 Å². The van der Waals surface area contributed by atoms with Gasteiger partial charge in [0.2, 0.25) is 0 Å². The van der Waals surface area contributed by atoms with Crippen LogP contribution in [0.1, 0.15) is 106 Å². The molecule has 2 heteroatoms. The van der Waals surface area contributed by atoms with Crippen molar-refractivity contribution in [3.8, 4) is 0 Å². The van der Waals surface area contributed by atoms with Crippen molar-refractivity contribution < 1.29 is 9.53 Å². The number of hydrogen-bond donors (Lipinski definition) is 0. The molecule has 0 bridgehead atoms. The highest BCUT2D eigenvalue weighted by atomic mass is 16.6. The SMILES string of the molecule is C=C(C)C1CCC2(C)CCC3(C)C(CCC4C5(C)CCC6OC(=O)C6(C)C5CCC43C)C12. The Bertz CT molecular complexity index is 876. The second-order valence-corrected chi connectivity index (χ2v) is 14.6. The quantitative estimate of drug-likeness (QED) is 0.312. The summed E-state index contributed by atoms with van der Waals surface area (Å²) in [5.41, 5.74) is 2.86. The Kier molecular flexibility index (Phi) is 4.24. The van der Waals surface area contributed by atoms with Gasteiger partial charge in [-0.05, 0) is 129 Å². The average Bonchev–Trinajstić information content (AvgIpc) is 3.09. The Labute approximate surface area is 196 Å². The van der Waals surface area contributed by atoms with Crippen LogP contribution < -0.4 is 0 Å². The summed E-state index contributed by atoms with van der Waals surface area (Å²) in [6.07, 6.45) is 13.4. The fourth-order valence-electron chi connectivity index (χ4n) is 11.8. The average molecular weight is 439 g/mol. The van der Waals surface area contributed by atoms with E-state index in [-0.39, 0.29) is 22.9 Å². The maximum atomic E-state index is 12.7. The summed E-state index contributed by atoms with van der Waals surface area (Å²) >= 11 is 0. The molecule has 0 spiro atoms. The first-order valence-electron chi connectivity index (χ1n) is 13.8. The first-order chi connectivity index (χ1) is 14.9. The number of carbonyl (C=O) groups is 1. The third kappa shape index (κ3) is 2.23. The van der Waals surface area contributed by atoms with E-state index in [4.69, 9.17) is 4.74 Å². The first-order valence-corrected chi connectivity index (χ1v) is 13.8. The Morgan fingerprint density at radius 2 is 1.59 bits per heavy atom. The molecule has 1 aliphatic heterocycles. The van der Waals surface area contributed by atoms with Gasteiger partial charge in [0.25, 0.3) is 0 Å². The molecule has 0 radical (unpaired) electrons. The van der Waals surface area contributed by atoms with E-state index in [2.05, 4.69) is 48.1 Å². The van der Waals surface area contributed by atoms with E-state index in [1.54, 1.807) is 0 Å². The van der Waals surface area contributed by atoms with Gasteiger partial charge in [0.15, 0.2) is 0 Å². The fourth-order valence-corrected chi connectivity index (χ4v) is 11.8. The highest BCUT2D eigenvalue weighted by molar-refractivity contribution is 5.83. The van der Waals surface area contributed by atoms with Gasteiger partial charge in [0, 0.05) is 0 Å². The fraction of sp³-hybridized carbons (Fsp3) is 0.900. The molecule has 178 valence electrons. The predicted molar refractivity (Wildman–Crippen MR) is 129 cm³/mol. The maximum absolute atomic E-state index is 12.7. The molecule has 0 aromatic rings. The third-order valence-electron chi connectivity index (χ3n) is 13.8. The highest BCUT2D eigenvalue weighted by Gasteiger charge is 2.74. The van der Waals surface area contributed by atoms with Crippen LogP contribution in [-0.2, 0) is 9.53 Å². The van der Waals surface area contributed by atoms with Crippen molar-refractivity contribution >= 4 is 5.97 Å². The Morgan fingerprint density at radius 1 is 0.844 bits per heavy atom. The molecule has 5 aliphatic carbocycles. The third-order valence-corrected chi connectivity index (χ3v) is 13.8. The normalized spacial score (nSPS) is 60.6. The van der Waals surface area contributed by atoms with Crippen LogP contribution in [0.2, 0.25) is 0 Å². The molecule has 6 rings (SSSR count). The van der Waals surface area contributed by atoms with Crippen LogP contribution in [0.4, 0.5) is 0 Å². The summed E-state index contributed by atoms with van der Waals surface area (Å²) in [6, 6.07) is 0. The smallest absolute Gasteiger partial charge is 0.316 e. The van der Waals surface area contributed by atoms with Crippen LogP contribution in [-0.4, -0.2) is 12.1 Å². The molecule has 1 heterocycles. The number of carbonyl (C=O) groups excluding carboxylic acids is 1. The van der Waals surface area contributed by atoms with Crippen molar-refractivity contribution in [3.63, 3.8) is 0 Å². The van der Waals surface area contributed by atoms with E-state index in [1.807, 2.05) is 0 Å². The minimum Gasteiger partial charge on any atom is -0.461 e. The van der Waals surface area contributed by atoms with E-state index in [9.17, 15) is 4.79 Å². The lowest BCUT2D eigenvalue weighted by molar-refractivity contribution is -0.279. The van der Waals surface area contributed by atoms with E-state index >= 15 is 0 Å². The Hall–Kier alpha value is -0.790. The zero-order chi connectivity index (χ0) is 22.9. The standard InChI is InChI=1S/C30H46O2/c1-18(2)19-10-13-26(3)16-17-28(5)20(24(19)26)8-9-21-27(4)14-12-23-30(7,25(31)32-23)22(27)11-15-29(21,28)6/h19-24H,1,8-17H2,2-7H3. The Morgan fingerprint density at radius 3 is 2.28 bits per heavy atom. The summed E-state index contributed by atoms with van der Waals surface area (Å²) in [7, 11) is 0. The molecule has 2 nitrogen and oxygen atoms in total. The van der Waals surface area contributed by atoms with Gasteiger partial charge in [0.05, 0.1) is 0 Å². The summed E-state index contributed by atoms with van der Waals surface area (Å²) in [5, 5.41) is 0. The monoisotopic (exact) mass is 438 g/mol. The van der Waals surface area contributed by atoms with E-state index in [1.165, 1.54) is 63.4 Å². The van der Waals surface area contributed by atoms with Crippen molar-refractivity contribution in [2.75, 3.05) is 0 Å². The number of allylic oxidation sites excluding steroid dienone is 1. The molecule has 11 unspecified atom stereocenters. The van der Waals surface area contributed by atoms with E-state index in [0.29, 0.717) is 22.2 Å². The summed E-state index contributed by atoms with van der Waals surface area (Å²) in [6.45, 7) is 19.7. The molecule has 1 saturated heterocycles. The topological polar surface area (TPSA) is 26.3 Å². The van der Waals surface area contributed by atoms with Crippen molar-refractivity contribution in [3.05, 3.63) is 12.2 Å². The minimum absolute atomic E-state index is 0.102. The molecule has 32 heavy (non-hydrogen) atoms. The van der Waals surface area contributed by atoms with E-state index in [0.717, 1.165) is 30.1 Å². The molecule has 5 saturated carbocycles. The lowest BCUT2D eigenvalue weighted by Crippen LogP contribution is -2.71. The summed E-state index contributed by atoms with van der Waals surface area (Å²) in [5.74, 6) is 3.76. The van der Waals surface area contributed by atoms with Gasteiger partial charge in [-0.3, -0.25) is 4.79 Å². The van der Waals surface area contributed by atoms with Crippen LogP contribution >= 0.6 is 0 Å². The summed E-state index contributed by atoms with van der Waals surface area (Å²) < 4.78 is 5.65. The predicted octanol–water partition coefficient (Wildman–Crippen LogP) is 7.57. The number of hydrogen-bond acceptors (Lipinski definition) is 2. The van der Waals surface area contributed by atoms with Gasteiger partial charge in [0.1, 0.15) is 11.5 Å². The highest BCUT2D eigenvalue weighted by Crippen LogP contribution is 2.78. The molecule has 6 aliphatic rings. The minimum atomic E-state index is -0.215. The van der Waals surface area contributed by atoms with Crippen LogP contribution in [0.15, 0.2) is 12.2 Å². The second kappa shape index (κ2) is 6.25. The second-order valence-electron chi connectivity index (χ2n) is 14.6. The molecule has 0 amide bonds. The largest absolute Gasteiger partial charge is 0.461 e. The zero-order valence-corrected chi connectivity index (χ0v) is 21.6. The van der Waals surface area contributed by atoms with E-state index < -0.39 is 0 Å². The first kappa shape index (κ1) is 21.7. The van der Waals surface area contributed by atoms with Crippen LogP contribution in [0.5, 0.6) is 0 Å². The molecule has 6 fully saturated rings.